The standard InChI is InChI=1S/C16H19NO2/c1-17-15(14-6-8-18-11-14)4-2-12-3-5-16-13(10-12)7-9-19-16/h3,5-6,8,10-11,15,17H,2,4,7,9H2,1H3. The van der Waals surface area contributed by atoms with Gasteiger partial charge in [0.2, 0.25) is 0 Å². The summed E-state index contributed by atoms with van der Waals surface area (Å²) in [6, 6.07) is 8.93. The predicted molar refractivity (Wildman–Crippen MR) is 74.5 cm³/mol. The lowest BCUT2D eigenvalue weighted by Gasteiger charge is -2.14. The first-order chi connectivity index (χ1) is 9.36. The van der Waals surface area contributed by atoms with Gasteiger partial charge in [-0.2, -0.15) is 0 Å². The van der Waals surface area contributed by atoms with E-state index in [0.29, 0.717) is 6.04 Å². The van der Waals surface area contributed by atoms with Gasteiger partial charge in [0.1, 0.15) is 5.75 Å². The molecule has 3 nitrogen and oxygen atoms in total. The Morgan fingerprint density at radius 3 is 3.05 bits per heavy atom. The molecule has 2 aromatic rings. The molecular formula is C16H19NO2. The first-order valence-corrected chi connectivity index (χ1v) is 6.81. The van der Waals surface area contributed by atoms with Crippen molar-refractivity contribution in [3.05, 3.63) is 53.5 Å². The van der Waals surface area contributed by atoms with E-state index in [1.807, 2.05) is 19.4 Å². The fourth-order valence-electron chi connectivity index (χ4n) is 2.66. The van der Waals surface area contributed by atoms with Gasteiger partial charge in [0.05, 0.1) is 19.1 Å². The Labute approximate surface area is 113 Å². The zero-order valence-electron chi connectivity index (χ0n) is 11.2. The van der Waals surface area contributed by atoms with Crippen molar-refractivity contribution in [1.82, 2.24) is 5.32 Å². The molecule has 0 amide bonds. The van der Waals surface area contributed by atoms with Crippen LogP contribution in [0.1, 0.15) is 29.2 Å². The van der Waals surface area contributed by atoms with Gasteiger partial charge in [0.25, 0.3) is 0 Å². The van der Waals surface area contributed by atoms with E-state index >= 15 is 0 Å². The highest BCUT2D eigenvalue weighted by Gasteiger charge is 2.14. The zero-order valence-corrected chi connectivity index (χ0v) is 11.2. The van der Waals surface area contributed by atoms with Gasteiger partial charge in [-0.15, -0.1) is 0 Å². The summed E-state index contributed by atoms with van der Waals surface area (Å²) in [7, 11) is 1.99. The molecule has 1 aliphatic rings. The van der Waals surface area contributed by atoms with Crippen molar-refractivity contribution in [2.75, 3.05) is 13.7 Å². The maximum absolute atomic E-state index is 5.53. The van der Waals surface area contributed by atoms with E-state index < -0.39 is 0 Å². The van der Waals surface area contributed by atoms with Crippen LogP contribution in [-0.2, 0) is 12.8 Å². The molecule has 0 radical (unpaired) electrons. The lowest BCUT2D eigenvalue weighted by molar-refractivity contribution is 0.357. The second kappa shape index (κ2) is 5.49. The summed E-state index contributed by atoms with van der Waals surface area (Å²) < 4.78 is 10.7. The van der Waals surface area contributed by atoms with Crippen molar-refractivity contribution in [3.63, 3.8) is 0 Å². The molecule has 3 rings (SSSR count). The molecule has 1 aliphatic heterocycles. The second-order valence-corrected chi connectivity index (χ2v) is 4.98. The van der Waals surface area contributed by atoms with Crippen molar-refractivity contribution >= 4 is 0 Å². The topological polar surface area (TPSA) is 34.4 Å². The average molecular weight is 257 g/mol. The normalized spacial score (nSPS) is 15.0. The minimum absolute atomic E-state index is 0.350. The molecule has 0 aliphatic carbocycles. The minimum Gasteiger partial charge on any atom is -0.493 e. The van der Waals surface area contributed by atoms with Gasteiger partial charge >= 0.3 is 0 Å². The zero-order chi connectivity index (χ0) is 13.1. The van der Waals surface area contributed by atoms with E-state index in [-0.39, 0.29) is 0 Å². The van der Waals surface area contributed by atoms with Crippen LogP contribution in [0, 0.1) is 0 Å². The van der Waals surface area contributed by atoms with Gasteiger partial charge in [-0.05, 0) is 43.1 Å². The van der Waals surface area contributed by atoms with Crippen LogP contribution in [0.15, 0.2) is 41.2 Å². The molecule has 1 aromatic carbocycles. The number of benzene rings is 1. The van der Waals surface area contributed by atoms with E-state index in [2.05, 4.69) is 23.5 Å². The predicted octanol–water partition coefficient (Wildman–Crippen LogP) is 3.11. The molecule has 0 saturated heterocycles. The van der Waals surface area contributed by atoms with Gasteiger partial charge < -0.3 is 14.5 Å². The second-order valence-electron chi connectivity index (χ2n) is 4.98. The first-order valence-electron chi connectivity index (χ1n) is 6.81. The summed E-state index contributed by atoms with van der Waals surface area (Å²) >= 11 is 0. The molecule has 1 N–H and O–H groups in total. The van der Waals surface area contributed by atoms with E-state index in [9.17, 15) is 0 Å². The number of nitrogens with one attached hydrogen (secondary N) is 1. The summed E-state index contributed by atoms with van der Waals surface area (Å²) in [4.78, 5) is 0. The molecule has 0 bridgehead atoms. The molecule has 1 aromatic heterocycles. The third-order valence-corrected chi connectivity index (χ3v) is 3.77. The van der Waals surface area contributed by atoms with Crippen LogP contribution in [0.25, 0.3) is 0 Å². The lowest BCUT2D eigenvalue weighted by Crippen LogP contribution is -2.16. The smallest absolute Gasteiger partial charge is 0.122 e. The van der Waals surface area contributed by atoms with Crippen LogP contribution in [0.3, 0.4) is 0 Å². The Hall–Kier alpha value is -1.74. The van der Waals surface area contributed by atoms with Gasteiger partial charge in [-0.3, -0.25) is 0 Å². The molecule has 0 fully saturated rings. The maximum atomic E-state index is 5.53. The Morgan fingerprint density at radius 1 is 1.32 bits per heavy atom. The SMILES string of the molecule is CNC(CCc1ccc2c(c1)CCO2)c1ccoc1. The molecule has 3 heteroatoms. The number of hydrogen-bond acceptors (Lipinski definition) is 3. The van der Waals surface area contributed by atoms with Gasteiger partial charge in [-0.25, -0.2) is 0 Å². The van der Waals surface area contributed by atoms with E-state index in [1.165, 1.54) is 16.7 Å². The van der Waals surface area contributed by atoms with Crippen LogP contribution in [0.5, 0.6) is 5.75 Å². The van der Waals surface area contributed by atoms with Crippen LogP contribution >= 0.6 is 0 Å². The van der Waals surface area contributed by atoms with E-state index in [4.69, 9.17) is 9.15 Å². The van der Waals surface area contributed by atoms with Crippen molar-refractivity contribution in [3.8, 4) is 5.75 Å². The summed E-state index contributed by atoms with van der Waals surface area (Å²) in [5.41, 5.74) is 3.95. The fraction of sp³-hybridized carbons (Fsp3) is 0.375. The number of ether oxygens (including phenoxy) is 1. The van der Waals surface area contributed by atoms with Gasteiger partial charge in [-0.1, -0.05) is 12.1 Å². The molecule has 1 atom stereocenters. The molecular weight excluding hydrogens is 238 g/mol. The highest BCUT2D eigenvalue weighted by molar-refractivity contribution is 5.39. The number of aryl methyl sites for hydroxylation is 1. The summed E-state index contributed by atoms with van der Waals surface area (Å²) in [5, 5.41) is 3.34. The monoisotopic (exact) mass is 257 g/mol. The van der Waals surface area contributed by atoms with Crippen molar-refractivity contribution in [2.24, 2.45) is 0 Å². The summed E-state index contributed by atoms with van der Waals surface area (Å²) in [6.07, 6.45) is 6.71. The number of rotatable bonds is 5. The first kappa shape index (κ1) is 12.3. The van der Waals surface area contributed by atoms with Crippen molar-refractivity contribution in [1.29, 1.82) is 0 Å². The minimum atomic E-state index is 0.350. The molecule has 1 unspecified atom stereocenters. The number of fused-ring (bicyclic) bond motifs is 1. The summed E-state index contributed by atoms with van der Waals surface area (Å²) in [5.74, 6) is 1.06. The van der Waals surface area contributed by atoms with Crippen LogP contribution in [-0.4, -0.2) is 13.7 Å². The van der Waals surface area contributed by atoms with Crippen molar-refractivity contribution < 1.29 is 9.15 Å². The van der Waals surface area contributed by atoms with Crippen molar-refractivity contribution in [2.45, 2.75) is 25.3 Å². The quantitative estimate of drug-likeness (QED) is 0.893. The fourth-order valence-corrected chi connectivity index (χ4v) is 2.66. The highest BCUT2D eigenvalue weighted by Crippen LogP contribution is 2.27. The van der Waals surface area contributed by atoms with Gasteiger partial charge in [0.15, 0.2) is 0 Å². The molecule has 19 heavy (non-hydrogen) atoms. The third-order valence-electron chi connectivity index (χ3n) is 3.77. The van der Waals surface area contributed by atoms with Crippen LogP contribution < -0.4 is 10.1 Å². The number of furan rings is 1. The number of hydrogen-bond donors (Lipinski definition) is 1. The molecule has 2 heterocycles. The highest BCUT2D eigenvalue weighted by atomic mass is 16.5. The Bertz CT molecular complexity index is 534. The van der Waals surface area contributed by atoms with Crippen LogP contribution in [0.2, 0.25) is 0 Å². The Kier molecular flexibility index (Phi) is 3.56. The summed E-state index contributed by atoms with van der Waals surface area (Å²) in [6.45, 7) is 0.826. The third kappa shape index (κ3) is 2.66. The Morgan fingerprint density at radius 2 is 2.26 bits per heavy atom. The molecule has 0 saturated carbocycles. The van der Waals surface area contributed by atoms with E-state index in [0.717, 1.165) is 31.6 Å². The average Bonchev–Trinajstić information content (AvgIpc) is 3.10. The Balaban J connectivity index is 1.65. The lowest BCUT2D eigenvalue weighted by atomic mass is 9.99. The molecule has 100 valence electrons. The van der Waals surface area contributed by atoms with E-state index in [1.54, 1.807) is 6.26 Å². The van der Waals surface area contributed by atoms with Gasteiger partial charge in [0, 0.05) is 18.0 Å². The van der Waals surface area contributed by atoms with Crippen LogP contribution in [0.4, 0.5) is 0 Å². The largest absolute Gasteiger partial charge is 0.493 e. The molecule has 0 spiro atoms. The maximum Gasteiger partial charge on any atom is 0.122 e.